The number of furan rings is 1. The molecule has 1 aromatic carbocycles. The highest BCUT2D eigenvalue weighted by molar-refractivity contribution is 6.02. The maximum absolute atomic E-state index is 11.9. The fourth-order valence-corrected chi connectivity index (χ4v) is 1.78. The van der Waals surface area contributed by atoms with Crippen molar-refractivity contribution in [2.24, 2.45) is 0 Å². The standard InChI is InChI=1S/C16H18N2O5/c1-11(9-19)17-15(20)10-23-13-5-2-4-12(8-13)18-16(21)14-6-3-7-22-14/h2-8,11,19H,9-10H2,1H3,(H,17,20)(H,18,21). The van der Waals surface area contributed by atoms with Gasteiger partial charge in [-0.3, -0.25) is 9.59 Å². The number of benzene rings is 1. The number of ether oxygens (including phenoxy) is 1. The lowest BCUT2D eigenvalue weighted by Crippen LogP contribution is -2.38. The van der Waals surface area contributed by atoms with Gasteiger partial charge in [-0.15, -0.1) is 0 Å². The minimum Gasteiger partial charge on any atom is -0.484 e. The largest absolute Gasteiger partial charge is 0.484 e. The summed E-state index contributed by atoms with van der Waals surface area (Å²) in [5.74, 6) is -0.0685. The van der Waals surface area contributed by atoms with E-state index < -0.39 is 0 Å². The molecule has 122 valence electrons. The first-order chi connectivity index (χ1) is 11.1. The molecular formula is C16H18N2O5. The van der Waals surface area contributed by atoms with E-state index in [0.717, 1.165) is 0 Å². The second-order valence-corrected chi connectivity index (χ2v) is 4.90. The van der Waals surface area contributed by atoms with E-state index in [9.17, 15) is 9.59 Å². The first-order valence-corrected chi connectivity index (χ1v) is 7.06. The molecule has 0 saturated carbocycles. The number of aliphatic hydroxyl groups excluding tert-OH is 1. The van der Waals surface area contributed by atoms with Crippen LogP contribution in [-0.4, -0.2) is 36.2 Å². The molecule has 2 amide bonds. The van der Waals surface area contributed by atoms with Crippen molar-refractivity contribution in [3.8, 4) is 5.75 Å². The Balaban J connectivity index is 1.89. The second kappa shape index (κ2) is 8.00. The first kappa shape index (κ1) is 16.6. The highest BCUT2D eigenvalue weighted by Crippen LogP contribution is 2.18. The molecule has 23 heavy (non-hydrogen) atoms. The quantitative estimate of drug-likeness (QED) is 0.716. The monoisotopic (exact) mass is 318 g/mol. The van der Waals surface area contributed by atoms with Crippen LogP contribution in [0.5, 0.6) is 5.75 Å². The number of carbonyl (C=O) groups excluding carboxylic acids is 2. The van der Waals surface area contributed by atoms with Crippen LogP contribution in [0.15, 0.2) is 47.1 Å². The SMILES string of the molecule is CC(CO)NC(=O)COc1cccc(NC(=O)c2ccco2)c1. The van der Waals surface area contributed by atoms with Crippen LogP contribution in [0.3, 0.4) is 0 Å². The third-order valence-corrected chi connectivity index (χ3v) is 2.89. The summed E-state index contributed by atoms with van der Waals surface area (Å²) in [7, 11) is 0. The molecule has 0 aliphatic rings. The van der Waals surface area contributed by atoms with E-state index in [4.69, 9.17) is 14.3 Å². The Morgan fingerprint density at radius 1 is 1.30 bits per heavy atom. The molecule has 2 rings (SSSR count). The summed E-state index contributed by atoms with van der Waals surface area (Å²) in [5, 5.41) is 14.1. The van der Waals surface area contributed by atoms with Crippen molar-refractivity contribution in [2.45, 2.75) is 13.0 Å². The molecule has 1 unspecified atom stereocenters. The van der Waals surface area contributed by atoms with Gasteiger partial charge in [0.2, 0.25) is 0 Å². The summed E-state index contributed by atoms with van der Waals surface area (Å²) >= 11 is 0. The zero-order valence-electron chi connectivity index (χ0n) is 12.6. The summed E-state index contributed by atoms with van der Waals surface area (Å²) in [6.07, 6.45) is 1.42. The Bertz CT molecular complexity index is 654. The third-order valence-electron chi connectivity index (χ3n) is 2.89. The van der Waals surface area contributed by atoms with Crippen LogP contribution in [0.2, 0.25) is 0 Å². The summed E-state index contributed by atoms with van der Waals surface area (Å²) < 4.78 is 10.4. The molecule has 2 aromatic rings. The fourth-order valence-electron chi connectivity index (χ4n) is 1.78. The zero-order valence-corrected chi connectivity index (χ0v) is 12.6. The van der Waals surface area contributed by atoms with Crippen molar-refractivity contribution in [3.05, 3.63) is 48.4 Å². The van der Waals surface area contributed by atoms with E-state index in [1.807, 2.05) is 0 Å². The number of anilines is 1. The number of amides is 2. The van der Waals surface area contributed by atoms with Crippen molar-refractivity contribution >= 4 is 17.5 Å². The van der Waals surface area contributed by atoms with Crippen LogP contribution < -0.4 is 15.4 Å². The Kier molecular flexibility index (Phi) is 5.76. The van der Waals surface area contributed by atoms with Crippen molar-refractivity contribution in [3.63, 3.8) is 0 Å². The number of hydrogen-bond donors (Lipinski definition) is 3. The molecule has 7 heteroatoms. The van der Waals surface area contributed by atoms with Crippen molar-refractivity contribution in [1.29, 1.82) is 0 Å². The molecule has 1 aromatic heterocycles. The maximum Gasteiger partial charge on any atom is 0.291 e. The molecule has 0 spiro atoms. The number of rotatable bonds is 7. The summed E-state index contributed by atoms with van der Waals surface area (Å²) in [5.41, 5.74) is 0.521. The number of aliphatic hydroxyl groups is 1. The average Bonchev–Trinajstić information content (AvgIpc) is 3.08. The van der Waals surface area contributed by atoms with Gasteiger partial charge >= 0.3 is 0 Å². The smallest absolute Gasteiger partial charge is 0.291 e. The van der Waals surface area contributed by atoms with Crippen LogP contribution >= 0.6 is 0 Å². The highest BCUT2D eigenvalue weighted by Gasteiger charge is 2.10. The van der Waals surface area contributed by atoms with E-state index in [-0.39, 0.29) is 36.8 Å². The number of nitrogens with one attached hydrogen (secondary N) is 2. The van der Waals surface area contributed by atoms with E-state index >= 15 is 0 Å². The van der Waals surface area contributed by atoms with E-state index in [0.29, 0.717) is 11.4 Å². The Morgan fingerprint density at radius 2 is 2.13 bits per heavy atom. The molecule has 0 saturated heterocycles. The topological polar surface area (TPSA) is 101 Å². The summed E-state index contributed by atoms with van der Waals surface area (Å²) in [6.45, 7) is 1.36. The van der Waals surface area contributed by atoms with Gasteiger partial charge in [-0.2, -0.15) is 0 Å². The molecular weight excluding hydrogens is 300 g/mol. The minimum absolute atomic E-state index is 0.139. The average molecular weight is 318 g/mol. The molecule has 1 heterocycles. The lowest BCUT2D eigenvalue weighted by molar-refractivity contribution is -0.124. The highest BCUT2D eigenvalue weighted by atomic mass is 16.5. The van der Waals surface area contributed by atoms with Gasteiger partial charge in [0, 0.05) is 17.8 Å². The van der Waals surface area contributed by atoms with Crippen LogP contribution in [0.1, 0.15) is 17.5 Å². The van der Waals surface area contributed by atoms with Crippen molar-refractivity contribution in [1.82, 2.24) is 5.32 Å². The Morgan fingerprint density at radius 3 is 2.83 bits per heavy atom. The maximum atomic E-state index is 11.9. The molecule has 0 aliphatic heterocycles. The second-order valence-electron chi connectivity index (χ2n) is 4.90. The first-order valence-electron chi connectivity index (χ1n) is 7.06. The summed E-state index contributed by atoms with van der Waals surface area (Å²) in [4.78, 5) is 23.4. The van der Waals surface area contributed by atoms with Gasteiger partial charge in [0.05, 0.1) is 12.9 Å². The normalized spacial score (nSPS) is 11.6. The van der Waals surface area contributed by atoms with Gasteiger partial charge in [-0.1, -0.05) is 6.07 Å². The Labute approximate surface area is 133 Å². The molecule has 0 aliphatic carbocycles. The lowest BCUT2D eigenvalue weighted by Gasteiger charge is -2.12. The molecule has 1 atom stereocenters. The van der Waals surface area contributed by atoms with Crippen LogP contribution in [0.4, 0.5) is 5.69 Å². The third kappa shape index (κ3) is 5.15. The molecule has 0 radical (unpaired) electrons. The predicted molar refractivity (Wildman–Crippen MR) is 83.3 cm³/mol. The van der Waals surface area contributed by atoms with Crippen LogP contribution in [0, 0.1) is 0 Å². The van der Waals surface area contributed by atoms with Gasteiger partial charge < -0.3 is 24.9 Å². The van der Waals surface area contributed by atoms with Crippen molar-refractivity contribution < 1.29 is 23.8 Å². The molecule has 0 fully saturated rings. The fraction of sp³-hybridized carbons (Fsp3) is 0.250. The molecule has 7 nitrogen and oxygen atoms in total. The van der Waals surface area contributed by atoms with E-state index in [1.54, 1.807) is 43.3 Å². The van der Waals surface area contributed by atoms with Gasteiger partial charge in [-0.25, -0.2) is 0 Å². The zero-order chi connectivity index (χ0) is 16.7. The Hall–Kier alpha value is -2.80. The van der Waals surface area contributed by atoms with Crippen LogP contribution in [0.25, 0.3) is 0 Å². The lowest BCUT2D eigenvalue weighted by atomic mass is 10.3. The van der Waals surface area contributed by atoms with Gasteiger partial charge in [0.25, 0.3) is 11.8 Å². The number of hydrogen-bond acceptors (Lipinski definition) is 5. The minimum atomic E-state index is -0.373. The van der Waals surface area contributed by atoms with Crippen LogP contribution in [-0.2, 0) is 4.79 Å². The molecule has 0 bridgehead atoms. The van der Waals surface area contributed by atoms with Gasteiger partial charge in [-0.05, 0) is 31.2 Å². The van der Waals surface area contributed by atoms with E-state index in [1.165, 1.54) is 6.26 Å². The van der Waals surface area contributed by atoms with Gasteiger partial charge in [0.15, 0.2) is 12.4 Å². The molecule has 3 N–H and O–H groups in total. The predicted octanol–water partition coefficient (Wildman–Crippen LogP) is 1.41. The van der Waals surface area contributed by atoms with Crippen molar-refractivity contribution in [2.75, 3.05) is 18.5 Å². The summed E-state index contributed by atoms with van der Waals surface area (Å²) in [6, 6.07) is 9.52. The van der Waals surface area contributed by atoms with Gasteiger partial charge in [0.1, 0.15) is 5.75 Å². The van der Waals surface area contributed by atoms with E-state index in [2.05, 4.69) is 10.6 Å². The number of carbonyl (C=O) groups is 2.